The van der Waals surface area contributed by atoms with E-state index >= 15 is 0 Å². The molecule has 0 bridgehead atoms. The second-order valence-electron chi connectivity index (χ2n) is 5.12. The number of alkyl halides is 3. The molecule has 2 aromatic rings. The lowest BCUT2D eigenvalue weighted by Crippen LogP contribution is -2.57. The van der Waals surface area contributed by atoms with Crippen molar-refractivity contribution < 1.29 is 33.2 Å². The predicted molar refractivity (Wildman–Crippen MR) is 67.7 cm³/mol. The maximum atomic E-state index is 13.3. The van der Waals surface area contributed by atoms with Crippen LogP contribution < -0.4 is 0 Å². The first-order valence-corrected chi connectivity index (χ1v) is 6.45. The van der Waals surface area contributed by atoms with Gasteiger partial charge in [-0.2, -0.15) is 13.2 Å². The molecule has 1 saturated heterocycles. The molecule has 1 aliphatic heterocycles. The van der Waals surface area contributed by atoms with E-state index in [1.165, 1.54) is 6.07 Å². The van der Waals surface area contributed by atoms with Gasteiger partial charge >= 0.3 is 6.18 Å². The fourth-order valence-corrected chi connectivity index (χ4v) is 2.67. The first-order chi connectivity index (χ1) is 10.3. The van der Waals surface area contributed by atoms with Crippen molar-refractivity contribution in [1.82, 2.24) is 9.55 Å². The SMILES string of the molecule is OC[C@H]1OC(n2cnc3ccccc32)[C@@](O)(C(F)(F)F)[C@@H]1O. The van der Waals surface area contributed by atoms with Crippen LogP contribution in [0.3, 0.4) is 0 Å². The molecule has 4 atom stereocenters. The fraction of sp³-hybridized carbons (Fsp3) is 0.462. The van der Waals surface area contributed by atoms with E-state index in [1.54, 1.807) is 18.2 Å². The molecule has 1 aliphatic rings. The Balaban J connectivity index is 2.15. The zero-order valence-corrected chi connectivity index (χ0v) is 11.1. The summed E-state index contributed by atoms with van der Waals surface area (Å²) in [4.78, 5) is 3.95. The molecule has 0 radical (unpaired) electrons. The van der Waals surface area contributed by atoms with Gasteiger partial charge in [0.1, 0.15) is 12.2 Å². The number of para-hydroxylation sites is 2. The summed E-state index contributed by atoms with van der Waals surface area (Å²) < 4.78 is 46.1. The van der Waals surface area contributed by atoms with E-state index in [0.29, 0.717) is 11.0 Å². The molecule has 0 aliphatic carbocycles. The van der Waals surface area contributed by atoms with Crippen molar-refractivity contribution >= 4 is 11.0 Å². The number of aliphatic hydroxyl groups excluding tert-OH is 2. The Hall–Kier alpha value is -1.68. The molecular formula is C13H13F3N2O4. The van der Waals surface area contributed by atoms with E-state index in [4.69, 9.17) is 9.84 Å². The van der Waals surface area contributed by atoms with Crippen LogP contribution in [0.4, 0.5) is 13.2 Å². The van der Waals surface area contributed by atoms with Crippen LogP contribution in [-0.2, 0) is 4.74 Å². The number of halogens is 3. The highest BCUT2D eigenvalue weighted by molar-refractivity contribution is 5.75. The maximum Gasteiger partial charge on any atom is 0.424 e. The molecule has 9 heteroatoms. The largest absolute Gasteiger partial charge is 0.424 e. The van der Waals surface area contributed by atoms with Crippen molar-refractivity contribution in [2.45, 2.75) is 30.2 Å². The molecule has 0 amide bonds. The summed E-state index contributed by atoms with van der Waals surface area (Å²) in [5.74, 6) is 0. The van der Waals surface area contributed by atoms with E-state index < -0.39 is 36.8 Å². The van der Waals surface area contributed by atoms with Gasteiger partial charge in [0.2, 0.25) is 5.60 Å². The smallest absolute Gasteiger partial charge is 0.394 e. The highest BCUT2D eigenvalue weighted by atomic mass is 19.4. The molecule has 1 unspecified atom stereocenters. The van der Waals surface area contributed by atoms with Crippen molar-refractivity contribution in [3.05, 3.63) is 30.6 Å². The highest BCUT2D eigenvalue weighted by Gasteiger charge is 2.70. The molecule has 6 nitrogen and oxygen atoms in total. The average Bonchev–Trinajstić information content (AvgIpc) is 3.00. The third kappa shape index (κ3) is 1.93. The van der Waals surface area contributed by atoms with Crippen LogP contribution >= 0.6 is 0 Å². The lowest BCUT2D eigenvalue weighted by Gasteiger charge is -2.33. The van der Waals surface area contributed by atoms with Crippen LogP contribution in [0.2, 0.25) is 0 Å². The number of ether oxygens (including phenoxy) is 1. The number of nitrogens with zero attached hydrogens (tertiary/aromatic N) is 2. The molecule has 22 heavy (non-hydrogen) atoms. The van der Waals surface area contributed by atoms with Crippen molar-refractivity contribution in [3.8, 4) is 0 Å². The zero-order valence-electron chi connectivity index (χ0n) is 11.1. The molecule has 2 heterocycles. The molecule has 1 aromatic carbocycles. The van der Waals surface area contributed by atoms with Crippen LogP contribution in [0.5, 0.6) is 0 Å². The van der Waals surface area contributed by atoms with Gasteiger partial charge in [0.25, 0.3) is 0 Å². The summed E-state index contributed by atoms with van der Waals surface area (Å²) in [7, 11) is 0. The van der Waals surface area contributed by atoms with Gasteiger partial charge in [-0.15, -0.1) is 0 Å². The third-order valence-electron chi connectivity index (χ3n) is 3.85. The van der Waals surface area contributed by atoms with Crippen LogP contribution in [0.1, 0.15) is 6.23 Å². The number of imidazole rings is 1. The minimum absolute atomic E-state index is 0.306. The van der Waals surface area contributed by atoms with Crippen LogP contribution in [0, 0.1) is 0 Å². The summed E-state index contributed by atoms with van der Waals surface area (Å²) in [5, 5.41) is 29.0. The second-order valence-corrected chi connectivity index (χ2v) is 5.12. The van der Waals surface area contributed by atoms with Gasteiger partial charge < -0.3 is 24.6 Å². The molecule has 0 saturated carbocycles. The molecule has 3 rings (SSSR count). The molecule has 1 fully saturated rings. The Morgan fingerprint density at radius 3 is 2.64 bits per heavy atom. The van der Waals surface area contributed by atoms with Crippen LogP contribution in [0.15, 0.2) is 30.6 Å². The van der Waals surface area contributed by atoms with Gasteiger partial charge in [0, 0.05) is 0 Å². The minimum atomic E-state index is -5.16. The molecule has 0 spiro atoms. The molecule has 1 aromatic heterocycles. The van der Waals surface area contributed by atoms with E-state index in [1.807, 2.05) is 0 Å². The molecule has 3 N–H and O–H groups in total. The number of aromatic nitrogens is 2. The Morgan fingerprint density at radius 2 is 2.00 bits per heavy atom. The first kappa shape index (κ1) is 15.2. The Kier molecular flexibility index (Phi) is 3.40. The van der Waals surface area contributed by atoms with E-state index in [9.17, 15) is 23.4 Å². The van der Waals surface area contributed by atoms with E-state index in [0.717, 1.165) is 10.9 Å². The number of aliphatic hydroxyl groups is 3. The number of hydrogen-bond acceptors (Lipinski definition) is 5. The Bertz CT molecular complexity index is 689. The quantitative estimate of drug-likeness (QED) is 0.754. The van der Waals surface area contributed by atoms with Crippen LogP contribution in [0.25, 0.3) is 11.0 Å². The fourth-order valence-electron chi connectivity index (χ4n) is 2.67. The van der Waals surface area contributed by atoms with Gasteiger partial charge in [-0.1, -0.05) is 12.1 Å². The third-order valence-corrected chi connectivity index (χ3v) is 3.85. The summed E-state index contributed by atoms with van der Waals surface area (Å²) in [6.07, 6.45) is -9.89. The van der Waals surface area contributed by atoms with Gasteiger partial charge in [-0.25, -0.2) is 4.98 Å². The maximum absolute atomic E-state index is 13.3. The minimum Gasteiger partial charge on any atom is -0.394 e. The van der Waals surface area contributed by atoms with Gasteiger partial charge in [0.05, 0.1) is 24.0 Å². The molecular weight excluding hydrogens is 305 g/mol. The normalized spacial score (nSPS) is 32.7. The standard InChI is InChI=1S/C13H13F3N2O4/c14-13(15,16)12(21)10(20)9(5-19)22-11(12)18-6-17-7-3-1-2-4-8(7)18/h1-4,6,9-11,19-21H,5H2/t9-,10-,11?,12-/m1/s1. The van der Waals surface area contributed by atoms with E-state index in [-0.39, 0.29) is 0 Å². The average molecular weight is 318 g/mol. The number of hydrogen-bond donors (Lipinski definition) is 3. The first-order valence-electron chi connectivity index (χ1n) is 6.45. The van der Waals surface area contributed by atoms with Crippen molar-refractivity contribution in [3.63, 3.8) is 0 Å². The topological polar surface area (TPSA) is 87.7 Å². The summed E-state index contributed by atoms with van der Waals surface area (Å²) >= 11 is 0. The predicted octanol–water partition coefficient (Wildman–Crippen LogP) is 0.580. The monoisotopic (exact) mass is 318 g/mol. The number of fused-ring (bicyclic) bond motifs is 1. The summed E-state index contributed by atoms with van der Waals surface area (Å²) in [6.45, 7) is -0.858. The Morgan fingerprint density at radius 1 is 1.32 bits per heavy atom. The van der Waals surface area contributed by atoms with Crippen molar-refractivity contribution in [2.75, 3.05) is 6.61 Å². The number of rotatable bonds is 2. The van der Waals surface area contributed by atoms with E-state index in [2.05, 4.69) is 4.98 Å². The van der Waals surface area contributed by atoms with Crippen LogP contribution in [-0.4, -0.2) is 55.5 Å². The van der Waals surface area contributed by atoms with Crippen molar-refractivity contribution in [2.24, 2.45) is 0 Å². The Labute approximate surface area is 122 Å². The lowest BCUT2D eigenvalue weighted by molar-refractivity contribution is -0.303. The second kappa shape index (κ2) is 4.92. The lowest BCUT2D eigenvalue weighted by atomic mass is 9.93. The zero-order chi connectivity index (χ0) is 16.1. The highest BCUT2D eigenvalue weighted by Crippen LogP contribution is 2.49. The van der Waals surface area contributed by atoms with Gasteiger partial charge in [0.15, 0.2) is 6.23 Å². The van der Waals surface area contributed by atoms with Crippen molar-refractivity contribution in [1.29, 1.82) is 0 Å². The summed E-state index contributed by atoms with van der Waals surface area (Å²) in [6, 6.07) is 6.37. The van der Waals surface area contributed by atoms with Gasteiger partial charge in [-0.05, 0) is 12.1 Å². The number of benzene rings is 1. The van der Waals surface area contributed by atoms with Gasteiger partial charge in [-0.3, -0.25) is 0 Å². The molecule has 120 valence electrons. The summed E-state index contributed by atoms with van der Waals surface area (Å²) in [5.41, 5.74) is -2.83.